The van der Waals surface area contributed by atoms with Crippen molar-refractivity contribution < 1.29 is 4.79 Å². The van der Waals surface area contributed by atoms with E-state index in [0.717, 1.165) is 11.5 Å². The molecule has 7 nitrogen and oxygen atoms in total. The van der Waals surface area contributed by atoms with Gasteiger partial charge in [-0.2, -0.15) is 4.37 Å². The molecule has 2 aromatic heterocycles. The van der Waals surface area contributed by atoms with Crippen molar-refractivity contribution in [2.45, 2.75) is 6.92 Å². The summed E-state index contributed by atoms with van der Waals surface area (Å²) in [5.41, 5.74) is 0.233. The Kier molecular flexibility index (Phi) is 3.24. The lowest BCUT2D eigenvalue weighted by molar-refractivity contribution is 0.102. The van der Waals surface area contributed by atoms with Gasteiger partial charge in [-0.25, -0.2) is 4.98 Å². The Labute approximate surface area is 101 Å². The molecule has 0 saturated carbocycles. The zero-order chi connectivity index (χ0) is 12.3. The number of nitrogens with one attached hydrogen (secondary N) is 2. The average molecular weight is 250 g/mol. The predicted molar refractivity (Wildman–Crippen MR) is 64.2 cm³/mol. The number of rotatable bonds is 3. The molecule has 0 atom stereocenters. The van der Waals surface area contributed by atoms with Crippen LogP contribution in [-0.4, -0.2) is 32.5 Å². The molecule has 1 amide bonds. The number of aromatic nitrogens is 4. The highest BCUT2D eigenvalue weighted by Gasteiger charge is 2.10. The first kappa shape index (κ1) is 11.4. The van der Waals surface area contributed by atoms with Gasteiger partial charge in [0, 0.05) is 18.6 Å². The normalized spacial score (nSPS) is 10.0. The molecule has 2 aromatic rings. The van der Waals surface area contributed by atoms with Gasteiger partial charge in [0.25, 0.3) is 5.91 Å². The van der Waals surface area contributed by atoms with Gasteiger partial charge in [0.15, 0.2) is 5.69 Å². The molecule has 0 bridgehead atoms. The molecule has 2 N–H and O–H groups in total. The molecular weight excluding hydrogens is 240 g/mol. The number of hydrogen-bond acceptors (Lipinski definition) is 7. The SMILES string of the molecule is CNc1ccc(C(=O)Nc2nc(C)ns2)nn1. The van der Waals surface area contributed by atoms with E-state index in [1.54, 1.807) is 26.1 Å². The molecule has 0 radical (unpaired) electrons. The Morgan fingerprint density at radius 2 is 2.18 bits per heavy atom. The van der Waals surface area contributed by atoms with Crippen LogP contribution in [0.5, 0.6) is 0 Å². The van der Waals surface area contributed by atoms with Gasteiger partial charge in [-0.15, -0.1) is 10.2 Å². The first-order chi connectivity index (χ1) is 8.19. The van der Waals surface area contributed by atoms with E-state index in [0.29, 0.717) is 16.8 Å². The maximum absolute atomic E-state index is 11.7. The Balaban J connectivity index is 2.09. The summed E-state index contributed by atoms with van der Waals surface area (Å²) in [6, 6.07) is 3.26. The summed E-state index contributed by atoms with van der Waals surface area (Å²) in [6.45, 7) is 1.76. The van der Waals surface area contributed by atoms with Crippen molar-refractivity contribution in [3.8, 4) is 0 Å². The van der Waals surface area contributed by atoms with E-state index in [-0.39, 0.29) is 11.6 Å². The number of amides is 1. The van der Waals surface area contributed by atoms with Crippen molar-refractivity contribution in [2.75, 3.05) is 17.7 Å². The summed E-state index contributed by atoms with van der Waals surface area (Å²) in [5, 5.41) is 13.5. The standard InChI is InChI=1S/C9H10N6OS/c1-5-11-9(17-15-5)12-8(16)6-3-4-7(10-2)14-13-6/h3-4H,1-2H3,(H,10,14)(H,11,12,15,16). The summed E-state index contributed by atoms with van der Waals surface area (Å²) in [4.78, 5) is 15.8. The highest BCUT2D eigenvalue weighted by atomic mass is 32.1. The molecule has 0 spiro atoms. The quantitative estimate of drug-likeness (QED) is 0.841. The van der Waals surface area contributed by atoms with Crippen LogP contribution in [0, 0.1) is 6.92 Å². The van der Waals surface area contributed by atoms with Crippen molar-refractivity contribution in [3.05, 3.63) is 23.7 Å². The van der Waals surface area contributed by atoms with E-state index < -0.39 is 0 Å². The monoisotopic (exact) mass is 250 g/mol. The smallest absolute Gasteiger partial charge is 0.277 e. The van der Waals surface area contributed by atoms with Gasteiger partial charge in [0.1, 0.15) is 11.6 Å². The van der Waals surface area contributed by atoms with E-state index in [1.165, 1.54) is 0 Å². The molecule has 0 saturated heterocycles. The van der Waals surface area contributed by atoms with E-state index in [1.807, 2.05) is 0 Å². The van der Waals surface area contributed by atoms with Crippen molar-refractivity contribution in [3.63, 3.8) is 0 Å². The third-order valence-corrected chi connectivity index (χ3v) is 2.62. The third kappa shape index (κ3) is 2.72. The molecule has 2 rings (SSSR count). The largest absolute Gasteiger partial charge is 0.372 e. The topological polar surface area (TPSA) is 92.7 Å². The van der Waals surface area contributed by atoms with Crippen LogP contribution in [0.3, 0.4) is 0 Å². The zero-order valence-electron chi connectivity index (χ0n) is 9.26. The maximum Gasteiger partial charge on any atom is 0.277 e. The number of carbonyl (C=O) groups excluding carboxylic acids is 1. The third-order valence-electron chi connectivity index (χ3n) is 1.90. The van der Waals surface area contributed by atoms with Crippen molar-refractivity contribution >= 4 is 28.4 Å². The molecule has 8 heteroatoms. The Morgan fingerprint density at radius 1 is 1.35 bits per heavy atom. The molecule has 17 heavy (non-hydrogen) atoms. The Bertz CT molecular complexity index is 523. The summed E-state index contributed by atoms with van der Waals surface area (Å²) in [7, 11) is 1.73. The fourth-order valence-corrected chi connectivity index (χ4v) is 1.67. The van der Waals surface area contributed by atoms with Crippen LogP contribution in [0.15, 0.2) is 12.1 Å². The van der Waals surface area contributed by atoms with E-state index in [4.69, 9.17) is 0 Å². The Hall–Kier alpha value is -2.09. The zero-order valence-corrected chi connectivity index (χ0v) is 10.1. The number of hydrogen-bond donors (Lipinski definition) is 2. The average Bonchev–Trinajstić information content (AvgIpc) is 2.75. The first-order valence-corrected chi connectivity index (χ1v) is 5.59. The minimum Gasteiger partial charge on any atom is -0.372 e. The van der Waals surface area contributed by atoms with Gasteiger partial charge < -0.3 is 5.32 Å². The molecule has 0 fully saturated rings. The van der Waals surface area contributed by atoms with Crippen LogP contribution in [0.25, 0.3) is 0 Å². The molecule has 0 unspecified atom stereocenters. The van der Waals surface area contributed by atoms with Crippen LogP contribution in [-0.2, 0) is 0 Å². The van der Waals surface area contributed by atoms with Crippen LogP contribution < -0.4 is 10.6 Å². The van der Waals surface area contributed by atoms with Crippen molar-refractivity contribution in [2.24, 2.45) is 0 Å². The summed E-state index contributed by atoms with van der Waals surface area (Å²) >= 11 is 1.13. The van der Waals surface area contributed by atoms with E-state index in [9.17, 15) is 4.79 Å². The minimum atomic E-state index is -0.351. The highest BCUT2D eigenvalue weighted by molar-refractivity contribution is 7.09. The molecule has 2 heterocycles. The second-order valence-electron chi connectivity index (χ2n) is 3.15. The fraction of sp³-hybridized carbons (Fsp3) is 0.222. The number of aryl methyl sites for hydroxylation is 1. The molecule has 0 aromatic carbocycles. The minimum absolute atomic E-state index is 0.233. The van der Waals surface area contributed by atoms with Crippen LogP contribution in [0.4, 0.5) is 10.9 Å². The van der Waals surface area contributed by atoms with Crippen molar-refractivity contribution in [1.29, 1.82) is 0 Å². The lowest BCUT2D eigenvalue weighted by atomic mass is 10.3. The van der Waals surface area contributed by atoms with Crippen molar-refractivity contribution in [1.82, 2.24) is 19.6 Å². The molecule has 0 aliphatic carbocycles. The number of anilines is 2. The van der Waals surface area contributed by atoms with E-state index >= 15 is 0 Å². The summed E-state index contributed by atoms with van der Waals surface area (Å²) in [5.74, 6) is 0.881. The van der Waals surface area contributed by atoms with Gasteiger partial charge in [0.2, 0.25) is 5.13 Å². The second kappa shape index (κ2) is 4.83. The molecular formula is C9H10N6OS. The van der Waals surface area contributed by atoms with Crippen LogP contribution >= 0.6 is 11.5 Å². The predicted octanol–water partition coefficient (Wildman–Crippen LogP) is 0.931. The fourth-order valence-electron chi connectivity index (χ4n) is 1.10. The van der Waals surface area contributed by atoms with Gasteiger partial charge in [-0.3, -0.25) is 10.1 Å². The second-order valence-corrected chi connectivity index (χ2v) is 3.91. The maximum atomic E-state index is 11.7. The number of nitrogens with zero attached hydrogens (tertiary/aromatic N) is 4. The highest BCUT2D eigenvalue weighted by Crippen LogP contribution is 2.11. The van der Waals surface area contributed by atoms with Gasteiger partial charge in [-0.1, -0.05) is 0 Å². The lowest BCUT2D eigenvalue weighted by Gasteiger charge is -2.00. The molecule has 88 valence electrons. The van der Waals surface area contributed by atoms with Gasteiger partial charge >= 0.3 is 0 Å². The van der Waals surface area contributed by atoms with Crippen LogP contribution in [0.1, 0.15) is 16.3 Å². The number of carbonyl (C=O) groups is 1. The van der Waals surface area contributed by atoms with E-state index in [2.05, 4.69) is 30.2 Å². The summed E-state index contributed by atoms with van der Waals surface area (Å²) in [6.07, 6.45) is 0. The van der Waals surface area contributed by atoms with Gasteiger partial charge in [-0.05, 0) is 19.1 Å². The van der Waals surface area contributed by atoms with Gasteiger partial charge in [0.05, 0.1) is 0 Å². The molecule has 0 aliphatic heterocycles. The summed E-state index contributed by atoms with van der Waals surface area (Å²) < 4.78 is 3.96. The lowest BCUT2D eigenvalue weighted by Crippen LogP contribution is -2.14. The Morgan fingerprint density at radius 3 is 2.71 bits per heavy atom. The first-order valence-electron chi connectivity index (χ1n) is 4.82. The van der Waals surface area contributed by atoms with Crippen LogP contribution in [0.2, 0.25) is 0 Å². The molecule has 0 aliphatic rings.